The van der Waals surface area contributed by atoms with E-state index in [1.807, 2.05) is 6.07 Å². The van der Waals surface area contributed by atoms with Crippen molar-refractivity contribution in [3.05, 3.63) is 21.9 Å². The second kappa shape index (κ2) is 2.93. The predicted octanol–water partition coefficient (Wildman–Crippen LogP) is 3.29. The van der Waals surface area contributed by atoms with E-state index in [1.165, 1.54) is 24.1 Å². The van der Waals surface area contributed by atoms with Gasteiger partial charge in [0, 0.05) is 10.8 Å². The quantitative estimate of drug-likeness (QED) is 0.679. The van der Waals surface area contributed by atoms with Crippen LogP contribution in [0.25, 0.3) is 0 Å². The molecule has 1 aromatic heterocycles. The Kier molecular flexibility index (Phi) is 1.81. The van der Waals surface area contributed by atoms with Crippen molar-refractivity contribution >= 4 is 17.1 Å². The minimum Gasteiger partial charge on any atom is -0.293 e. The van der Waals surface area contributed by atoms with Crippen LogP contribution in [0.5, 0.6) is 0 Å². The van der Waals surface area contributed by atoms with Gasteiger partial charge in [0.15, 0.2) is 5.78 Å². The van der Waals surface area contributed by atoms with E-state index < -0.39 is 0 Å². The van der Waals surface area contributed by atoms with Gasteiger partial charge in [-0.15, -0.1) is 11.3 Å². The van der Waals surface area contributed by atoms with Crippen molar-refractivity contribution in [2.75, 3.05) is 0 Å². The van der Waals surface area contributed by atoms with Crippen molar-refractivity contribution in [1.82, 2.24) is 0 Å². The molecule has 2 heteroatoms. The molecular weight excluding hydrogens is 192 g/mol. The summed E-state index contributed by atoms with van der Waals surface area (Å²) in [5.74, 6) is 2.34. The minimum absolute atomic E-state index is 0.404. The highest BCUT2D eigenvalue weighted by Crippen LogP contribution is 2.58. The van der Waals surface area contributed by atoms with Crippen LogP contribution in [-0.2, 0) is 0 Å². The van der Waals surface area contributed by atoms with Crippen molar-refractivity contribution in [3.63, 3.8) is 0 Å². The van der Waals surface area contributed by atoms with Gasteiger partial charge in [-0.3, -0.25) is 4.79 Å². The lowest BCUT2D eigenvalue weighted by atomic mass is 10.1. The number of carbonyl (C=O) groups is 1. The van der Waals surface area contributed by atoms with Crippen LogP contribution in [0.15, 0.2) is 12.1 Å². The zero-order valence-electron chi connectivity index (χ0n) is 8.32. The molecule has 2 fully saturated rings. The van der Waals surface area contributed by atoms with Crippen LogP contribution >= 0.6 is 11.3 Å². The maximum absolute atomic E-state index is 12.0. The summed E-state index contributed by atoms with van der Waals surface area (Å²) in [4.78, 5) is 14.3. The molecule has 0 aromatic carbocycles. The van der Waals surface area contributed by atoms with Gasteiger partial charge in [0.2, 0.25) is 0 Å². The summed E-state index contributed by atoms with van der Waals surface area (Å²) in [5.41, 5.74) is 0. The fraction of sp³-hybridized carbons (Fsp3) is 0.583. The van der Waals surface area contributed by atoms with E-state index in [9.17, 15) is 4.79 Å². The van der Waals surface area contributed by atoms with Gasteiger partial charge in [-0.05, 0) is 43.7 Å². The summed E-state index contributed by atoms with van der Waals surface area (Å²) in [5, 5.41) is 0. The number of fused-ring (bicyclic) bond motifs is 1. The van der Waals surface area contributed by atoms with Gasteiger partial charge in [0.1, 0.15) is 0 Å². The standard InChI is InChI=1S/C12H14OS/c1-7-5-6-10(14-7)12(13)11-8-3-2-4-9(8)11/h5-6,8-9,11H,2-4H2,1H3. The highest BCUT2D eigenvalue weighted by Gasteiger charge is 2.56. The zero-order chi connectivity index (χ0) is 9.71. The van der Waals surface area contributed by atoms with Gasteiger partial charge in [0.25, 0.3) is 0 Å². The Morgan fingerprint density at radius 3 is 2.64 bits per heavy atom. The summed E-state index contributed by atoms with van der Waals surface area (Å²) in [6, 6.07) is 4.05. The van der Waals surface area contributed by atoms with Crippen molar-refractivity contribution in [1.29, 1.82) is 0 Å². The fourth-order valence-corrected chi connectivity index (χ4v) is 3.80. The minimum atomic E-state index is 0.404. The molecule has 0 spiro atoms. The van der Waals surface area contributed by atoms with E-state index in [4.69, 9.17) is 0 Å². The molecule has 0 N–H and O–H groups in total. The van der Waals surface area contributed by atoms with Crippen LogP contribution in [-0.4, -0.2) is 5.78 Å². The molecule has 0 radical (unpaired) electrons. The number of aryl methyl sites for hydroxylation is 1. The summed E-state index contributed by atoms with van der Waals surface area (Å²) >= 11 is 1.65. The third kappa shape index (κ3) is 1.17. The van der Waals surface area contributed by atoms with E-state index >= 15 is 0 Å². The Bertz CT molecular complexity index is 369. The maximum Gasteiger partial charge on any atom is 0.176 e. The lowest BCUT2D eigenvalue weighted by Crippen LogP contribution is -2.03. The Balaban J connectivity index is 1.78. The first-order chi connectivity index (χ1) is 6.77. The van der Waals surface area contributed by atoms with Crippen LogP contribution in [0.1, 0.15) is 33.8 Å². The van der Waals surface area contributed by atoms with Crippen molar-refractivity contribution in [2.45, 2.75) is 26.2 Å². The number of Topliss-reactive ketones (excluding diaryl/α,β-unsaturated/α-hetero) is 1. The van der Waals surface area contributed by atoms with Crippen molar-refractivity contribution < 1.29 is 4.79 Å². The van der Waals surface area contributed by atoms with Crippen LogP contribution < -0.4 is 0 Å². The lowest BCUT2D eigenvalue weighted by molar-refractivity contribution is 0.0955. The molecule has 1 nitrogen and oxygen atoms in total. The largest absolute Gasteiger partial charge is 0.293 e. The average Bonchev–Trinajstić information content (AvgIpc) is 2.56. The summed E-state index contributed by atoms with van der Waals surface area (Å²) in [6.07, 6.45) is 3.94. The molecule has 2 saturated carbocycles. The molecular formula is C12H14OS. The molecule has 2 aliphatic carbocycles. The van der Waals surface area contributed by atoms with E-state index in [1.54, 1.807) is 11.3 Å². The topological polar surface area (TPSA) is 17.1 Å². The molecule has 2 aliphatic rings. The van der Waals surface area contributed by atoms with E-state index in [0.29, 0.717) is 11.7 Å². The van der Waals surface area contributed by atoms with Gasteiger partial charge in [-0.1, -0.05) is 6.42 Å². The smallest absolute Gasteiger partial charge is 0.176 e. The second-order valence-corrected chi connectivity index (χ2v) is 5.85. The predicted molar refractivity (Wildman–Crippen MR) is 57.7 cm³/mol. The van der Waals surface area contributed by atoms with E-state index in [0.717, 1.165) is 16.7 Å². The third-order valence-electron chi connectivity index (χ3n) is 3.69. The fourth-order valence-electron chi connectivity index (χ4n) is 2.94. The number of hydrogen-bond donors (Lipinski definition) is 0. The van der Waals surface area contributed by atoms with Gasteiger partial charge in [0.05, 0.1) is 4.88 Å². The van der Waals surface area contributed by atoms with Gasteiger partial charge in [-0.2, -0.15) is 0 Å². The first-order valence-corrected chi connectivity index (χ1v) is 6.19. The number of carbonyl (C=O) groups excluding carboxylic acids is 1. The van der Waals surface area contributed by atoms with Crippen molar-refractivity contribution in [2.24, 2.45) is 17.8 Å². The lowest BCUT2D eigenvalue weighted by Gasteiger charge is -1.99. The number of hydrogen-bond acceptors (Lipinski definition) is 2. The average molecular weight is 206 g/mol. The first-order valence-electron chi connectivity index (χ1n) is 5.38. The normalized spacial score (nSPS) is 34.2. The molecule has 0 bridgehead atoms. The zero-order valence-corrected chi connectivity index (χ0v) is 9.14. The van der Waals surface area contributed by atoms with Crippen molar-refractivity contribution in [3.8, 4) is 0 Å². The third-order valence-corrected chi connectivity index (χ3v) is 4.71. The molecule has 1 heterocycles. The van der Waals surface area contributed by atoms with Crippen LogP contribution in [0, 0.1) is 24.7 Å². The molecule has 0 saturated heterocycles. The number of ketones is 1. The van der Waals surface area contributed by atoms with Gasteiger partial charge in [-0.25, -0.2) is 0 Å². The van der Waals surface area contributed by atoms with Gasteiger partial charge >= 0.3 is 0 Å². The molecule has 74 valence electrons. The number of rotatable bonds is 2. The Labute approximate surface area is 88.1 Å². The second-order valence-electron chi connectivity index (χ2n) is 4.56. The molecule has 2 atom stereocenters. The maximum atomic E-state index is 12.0. The Hall–Kier alpha value is -0.630. The molecule has 0 aliphatic heterocycles. The molecule has 14 heavy (non-hydrogen) atoms. The molecule has 3 rings (SSSR count). The summed E-state index contributed by atoms with van der Waals surface area (Å²) in [7, 11) is 0. The van der Waals surface area contributed by atoms with E-state index in [-0.39, 0.29) is 0 Å². The SMILES string of the molecule is Cc1ccc(C(=O)C2C3CCCC32)s1. The Morgan fingerprint density at radius 2 is 2.07 bits per heavy atom. The molecule has 1 aromatic rings. The van der Waals surface area contributed by atoms with Crippen LogP contribution in [0.2, 0.25) is 0 Å². The number of thiophene rings is 1. The summed E-state index contributed by atoms with van der Waals surface area (Å²) < 4.78 is 0. The Morgan fingerprint density at radius 1 is 1.36 bits per heavy atom. The first kappa shape index (κ1) is 8.66. The summed E-state index contributed by atoms with van der Waals surface area (Å²) in [6.45, 7) is 2.06. The van der Waals surface area contributed by atoms with Crippen LogP contribution in [0.3, 0.4) is 0 Å². The molecule has 0 amide bonds. The monoisotopic (exact) mass is 206 g/mol. The molecule has 2 unspecified atom stereocenters. The highest BCUT2D eigenvalue weighted by molar-refractivity contribution is 7.14. The van der Waals surface area contributed by atoms with E-state index in [2.05, 4.69) is 13.0 Å². The highest BCUT2D eigenvalue weighted by atomic mass is 32.1. The van der Waals surface area contributed by atoms with Gasteiger partial charge < -0.3 is 0 Å². The van der Waals surface area contributed by atoms with Crippen LogP contribution in [0.4, 0.5) is 0 Å².